The summed E-state index contributed by atoms with van der Waals surface area (Å²) >= 11 is 0. The summed E-state index contributed by atoms with van der Waals surface area (Å²) in [7, 11) is 0. The smallest absolute Gasteiger partial charge is 0.248 e. The number of carbonyl (C=O) groups excluding carboxylic acids is 1. The zero-order chi connectivity index (χ0) is 14.1. The molecule has 5 nitrogen and oxygen atoms in total. The van der Waals surface area contributed by atoms with E-state index >= 15 is 0 Å². The molecular formula is C14H22N2O3. The first-order valence-corrected chi connectivity index (χ1v) is 6.57. The zero-order valence-corrected chi connectivity index (χ0v) is 11.5. The van der Waals surface area contributed by atoms with E-state index in [0.29, 0.717) is 19.6 Å². The van der Waals surface area contributed by atoms with Crippen LogP contribution in [0.1, 0.15) is 19.5 Å². The van der Waals surface area contributed by atoms with Crippen molar-refractivity contribution in [1.82, 2.24) is 10.3 Å². The van der Waals surface area contributed by atoms with E-state index in [2.05, 4.69) is 10.3 Å². The van der Waals surface area contributed by atoms with Gasteiger partial charge in [-0.1, -0.05) is 6.07 Å². The third-order valence-corrected chi connectivity index (χ3v) is 2.83. The first-order chi connectivity index (χ1) is 9.17. The summed E-state index contributed by atoms with van der Waals surface area (Å²) in [6.45, 7) is 4.50. The summed E-state index contributed by atoms with van der Waals surface area (Å²) < 4.78 is 5.20. The van der Waals surface area contributed by atoms with Crippen LogP contribution in [0.2, 0.25) is 0 Å². The number of rotatable bonds is 8. The van der Waals surface area contributed by atoms with Crippen molar-refractivity contribution < 1.29 is 14.6 Å². The third kappa shape index (κ3) is 5.81. The zero-order valence-electron chi connectivity index (χ0n) is 11.5. The Kier molecular flexibility index (Phi) is 7.07. The van der Waals surface area contributed by atoms with Gasteiger partial charge in [-0.05, 0) is 32.4 Å². The van der Waals surface area contributed by atoms with Crippen LogP contribution in [0, 0.1) is 5.92 Å². The lowest BCUT2D eigenvalue weighted by Crippen LogP contribution is -2.38. The Morgan fingerprint density at radius 1 is 1.53 bits per heavy atom. The molecule has 0 spiro atoms. The van der Waals surface area contributed by atoms with E-state index < -0.39 is 6.10 Å². The predicted molar refractivity (Wildman–Crippen MR) is 72.6 cm³/mol. The Hall–Kier alpha value is -1.46. The molecule has 106 valence electrons. The fourth-order valence-electron chi connectivity index (χ4n) is 1.73. The van der Waals surface area contributed by atoms with E-state index in [4.69, 9.17) is 4.74 Å². The van der Waals surface area contributed by atoms with Gasteiger partial charge in [0.1, 0.15) is 6.10 Å². The van der Waals surface area contributed by atoms with Gasteiger partial charge in [0.2, 0.25) is 5.91 Å². The molecule has 2 N–H and O–H groups in total. The van der Waals surface area contributed by atoms with Gasteiger partial charge >= 0.3 is 0 Å². The summed E-state index contributed by atoms with van der Waals surface area (Å²) in [5.74, 6) is -0.186. The minimum absolute atomic E-state index is 0.0138. The molecule has 0 saturated heterocycles. The molecule has 0 aromatic carbocycles. The maximum atomic E-state index is 11.7. The first kappa shape index (κ1) is 15.6. The quantitative estimate of drug-likeness (QED) is 0.729. The predicted octanol–water partition coefficient (Wildman–Crippen LogP) is 0.774. The standard InChI is InChI=1S/C14H22N2O3/c1-3-19-11(2)14(18)16-9-12(10-17)8-13-6-4-5-7-15-13/h4-7,11-12,17H,3,8-10H2,1-2H3,(H,16,18). The summed E-state index contributed by atoms with van der Waals surface area (Å²) in [4.78, 5) is 15.9. The van der Waals surface area contributed by atoms with Gasteiger partial charge in [0.05, 0.1) is 0 Å². The van der Waals surface area contributed by atoms with Crippen LogP contribution in [0.25, 0.3) is 0 Å². The molecule has 1 heterocycles. The molecule has 1 aromatic heterocycles. The topological polar surface area (TPSA) is 71.5 Å². The molecule has 0 aliphatic heterocycles. The maximum Gasteiger partial charge on any atom is 0.248 e. The van der Waals surface area contributed by atoms with E-state index in [1.54, 1.807) is 13.1 Å². The molecule has 2 atom stereocenters. The molecule has 1 aromatic rings. The highest BCUT2D eigenvalue weighted by Gasteiger charge is 2.15. The second kappa shape index (κ2) is 8.61. The van der Waals surface area contributed by atoms with Gasteiger partial charge in [0, 0.05) is 37.6 Å². The molecule has 19 heavy (non-hydrogen) atoms. The van der Waals surface area contributed by atoms with Gasteiger partial charge in [0.25, 0.3) is 0 Å². The van der Waals surface area contributed by atoms with Crippen LogP contribution < -0.4 is 5.32 Å². The van der Waals surface area contributed by atoms with Crippen molar-refractivity contribution in [3.8, 4) is 0 Å². The number of hydrogen-bond acceptors (Lipinski definition) is 4. The molecular weight excluding hydrogens is 244 g/mol. The van der Waals surface area contributed by atoms with Crippen molar-refractivity contribution in [3.63, 3.8) is 0 Å². The average Bonchev–Trinajstić information content (AvgIpc) is 2.44. The second-order valence-corrected chi connectivity index (χ2v) is 4.42. The molecule has 0 saturated carbocycles. The Balaban J connectivity index is 2.39. The molecule has 2 unspecified atom stereocenters. The van der Waals surface area contributed by atoms with Crippen LogP contribution in [0.5, 0.6) is 0 Å². The summed E-state index contributed by atoms with van der Waals surface area (Å²) in [5.41, 5.74) is 0.911. The van der Waals surface area contributed by atoms with Gasteiger partial charge in [-0.25, -0.2) is 0 Å². The second-order valence-electron chi connectivity index (χ2n) is 4.42. The minimum atomic E-state index is -0.459. The summed E-state index contributed by atoms with van der Waals surface area (Å²) in [5, 5.41) is 12.1. The molecule has 0 aliphatic carbocycles. The number of pyridine rings is 1. The molecule has 5 heteroatoms. The van der Waals surface area contributed by atoms with E-state index in [9.17, 15) is 9.90 Å². The number of carbonyl (C=O) groups is 1. The van der Waals surface area contributed by atoms with E-state index in [1.807, 2.05) is 25.1 Å². The lowest BCUT2D eigenvalue weighted by atomic mass is 10.0. The minimum Gasteiger partial charge on any atom is -0.396 e. The number of aliphatic hydroxyl groups excluding tert-OH is 1. The van der Waals surface area contributed by atoms with Crippen molar-refractivity contribution in [1.29, 1.82) is 0 Å². The Morgan fingerprint density at radius 2 is 2.32 bits per heavy atom. The monoisotopic (exact) mass is 266 g/mol. The average molecular weight is 266 g/mol. The van der Waals surface area contributed by atoms with Crippen molar-refractivity contribution >= 4 is 5.91 Å². The highest BCUT2D eigenvalue weighted by atomic mass is 16.5. The van der Waals surface area contributed by atoms with E-state index in [0.717, 1.165) is 5.69 Å². The van der Waals surface area contributed by atoms with Crippen LogP contribution in [-0.2, 0) is 16.0 Å². The molecule has 1 amide bonds. The number of nitrogens with one attached hydrogen (secondary N) is 1. The fourth-order valence-corrected chi connectivity index (χ4v) is 1.73. The lowest BCUT2D eigenvalue weighted by Gasteiger charge is -2.17. The Labute approximate surface area is 114 Å². The highest BCUT2D eigenvalue weighted by molar-refractivity contribution is 5.80. The normalized spacial score (nSPS) is 13.8. The number of ether oxygens (including phenoxy) is 1. The largest absolute Gasteiger partial charge is 0.396 e. The Morgan fingerprint density at radius 3 is 2.89 bits per heavy atom. The van der Waals surface area contributed by atoms with Crippen LogP contribution in [-0.4, -0.2) is 41.9 Å². The van der Waals surface area contributed by atoms with E-state index in [-0.39, 0.29) is 18.4 Å². The van der Waals surface area contributed by atoms with Crippen LogP contribution in [0.15, 0.2) is 24.4 Å². The van der Waals surface area contributed by atoms with Crippen molar-refractivity contribution in [2.75, 3.05) is 19.8 Å². The van der Waals surface area contributed by atoms with Gasteiger partial charge in [-0.2, -0.15) is 0 Å². The number of aromatic nitrogens is 1. The van der Waals surface area contributed by atoms with Crippen LogP contribution in [0.3, 0.4) is 0 Å². The molecule has 0 fully saturated rings. The SMILES string of the molecule is CCOC(C)C(=O)NCC(CO)Cc1ccccn1. The fraction of sp³-hybridized carbons (Fsp3) is 0.571. The lowest BCUT2D eigenvalue weighted by molar-refractivity contribution is -0.131. The number of amides is 1. The van der Waals surface area contributed by atoms with Gasteiger partial charge in [-0.3, -0.25) is 9.78 Å². The van der Waals surface area contributed by atoms with Gasteiger partial charge in [-0.15, -0.1) is 0 Å². The molecule has 1 rings (SSSR count). The first-order valence-electron chi connectivity index (χ1n) is 6.57. The number of nitrogens with zero attached hydrogens (tertiary/aromatic N) is 1. The van der Waals surface area contributed by atoms with Crippen molar-refractivity contribution in [2.24, 2.45) is 5.92 Å². The van der Waals surface area contributed by atoms with Gasteiger partial charge in [0.15, 0.2) is 0 Å². The van der Waals surface area contributed by atoms with E-state index in [1.165, 1.54) is 0 Å². The number of hydrogen-bond donors (Lipinski definition) is 2. The Bertz CT molecular complexity index is 370. The molecule has 0 aliphatic rings. The maximum absolute atomic E-state index is 11.7. The third-order valence-electron chi connectivity index (χ3n) is 2.83. The van der Waals surface area contributed by atoms with Crippen molar-refractivity contribution in [2.45, 2.75) is 26.4 Å². The number of aliphatic hydroxyl groups is 1. The summed E-state index contributed by atoms with van der Waals surface area (Å²) in [6, 6.07) is 5.67. The van der Waals surface area contributed by atoms with Crippen LogP contribution >= 0.6 is 0 Å². The van der Waals surface area contributed by atoms with Crippen LogP contribution in [0.4, 0.5) is 0 Å². The summed E-state index contributed by atoms with van der Waals surface area (Å²) in [6.07, 6.45) is 1.90. The molecule has 0 radical (unpaired) electrons. The van der Waals surface area contributed by atoms with Crippen molar-refractivity contribution in [3.05, 3.63) is 30.1 Å². The van der Waals surface area contributed by atoms with Gasteiger partial charge < -0.3 is 15.2 Å². The molecule has 0 bridgehead atoms. The highest BCUT2D eigenvalue weighted by Crippen LogP contribution is 2.05.